The van der Waals surface area contributed by atoms with Gasteiger partial charge >= 0.3 is 5.97 Å². The number of halogens is 1. The number of nitrogens with zero attached hydrogens (tertiary/aromatic N) is 5. The van der Waals surface area contributed by atoms with E-state index in [1.165, 1.54) is 13.8 Å². The number of ketones is 2. The van der Waals surface area contributed by atoms with Gasteiger partial charge in [0.25, 0.3) is 11.6 Å². The summed E-state index contributed by atoms with van der Waals surface area (Å²) in [5.74, 6) is -5.94. The molecule has 0 spiro atoms. The zero-order chi connectivity index (χ0) is 43.6. The van der Waals surface area contributed by atoms with Crippen molar-refractivity contribution in [2.24, 2.45) is 22.9 Å². The fraction of sp³-hybridized carbons (Fsp3) is 0.725. The van der Waals surface area contributed by atoms with Crippen LogP contribution in [0.25, 0.3) is 11.5 Å². The molecular formula is C40H59FN6O12. The number of hydrogen-bond acceptors (Lipinski definition) is 18. The lowest BCUT2D eigenvalue weighted by Crippen LogP contribution is -2.61. The summed E-state index contributed by atoms with van der Waals surface area (Å²) in [6, 6.07) is 4.54. The molecule has 5 rings (SSSR count). The number of nitrogens with two attached hydrogens (primary N) is 1. The van der Waals surface area contributed by atoms with Gasteiger partial charge in [-0.25, -0.2) is 14.2 Å². The van der Waals surface area contributed by atoms with Crippen LogP contribution in [-0.2, 0) is 49.5 Å². The summed E-state index contributed by atoms with van der Waals surface area (Å²) in [7, 11) is 3.60. The van der Waals surface area contributed by atoms with Crippen molar-refractivity contribution in [2.45, 2.75) is 141 Å². The Bertz CT molecular complexity index is 1840. The largest absolute Gasteiger partial charge is 0.457 e. The highest BCUT2D eigenvalue weighted by Gasteiger charge is 2.57. The number of esters is 1. The zero-order valence-corrected chi connectivity index (χ0v) is 35.4. The Balaban J connectivity index is 1.60. The summed E-state index contributed by atoms with van der Waals surface area (Å²) in [5, 5.41) is 31.9. The normalized spacial score (nSPS) is 38.7. The van der Waals surface area contributed by atoms with Gasteiger partial charge in [-0.05, 0) is 73.2 Å². The predicted molar refractivity (Wildman–Crippen MR) is 208 cm³/mol. The first-order valence-corrected chi connectivity index (χ1v) is 19.9. The minimum absolute atomic E-state index is 0.0364. The van der Waals surface area contributed by atoms with Crippen LogP contribution < -0.4 is 5.73 Å². The second-order valence-corrected chi connectivity index (χ2v) is 16.8. The maximum absolute atomic E-state index is 16.8. The Morgan fingerprint density at radius 1 is 1.07 bits per heavy atom. The van der Waals surface area contributed by atoms with Crippen molar-refractivity contribution in [3.63, 3.8) is 0 Å². The summed E-state index contributed by atoms with van der Waals surface area (Å²) in [4.78, 5) is 58.3. The van der Waals surface area contributed by atoms with Crippen LogP contribution in [0, 0.1) is 17.8 Å². The number of pyridine rings is 1. The number of rotatable bonds is 8. The van der Waals surface area contributed by atoms with E-state index in [-0.39, 0.29) is 61.7 Å². The van der Waals surface area contributed by atoms with E-state index in [0.29, 0.717) is 12.1 Å². The summed E-state index contributed by atoms with van der Waals surface area (Å²) in [5.41, 5.74) is -0.678. The molecular weight excluding hydrogens is 775 g/mol. The first-order chi connectivity index (χ1) is 27.6. The number of anilines is 1. The van der Waals surface area contributed by atoms with Crippen LogP contribution >= 0.6 is 0 Å². The second-order valence-electron chi connectivity index (χ2n) is 16.8. The second kappa shape index (κ2) is 18.3. The van der Waals surface area contributed by atoms with Crippen molar-refractivity contribution >= 4 is 29.1 Å². The first kappa shape index (κ1) is 46.1. The minimum atomic E-state index is -3.23. The van der Waals surface area contributed by atoms with Gasteiger partial charge in [-0.1, -0.05) is 44.1 Å². The lowest BCUT2D eigenvalue weighted by Gasteiger charge is -2.47. The first-order valence-electron chi connectivity index (χ1n) is 19.9. The van der Waals surface area contributed by atoms with Crippen molar-refractivity contribution < 1.29 is 62.0 Å². The number of carbonyl (C=O) groups is 3. The molecule has 2 aromatic heterocycles. The number of aliphatic hydroxyl groups is 2. The van der Waals surface area contributed by atoms with Crippen LogP contribution in [0.3, 0.4) is 0 Å². The molecule has 0 amide bonds. The van der Waals surface area contributed by atoms with Gasteiger partial charge in [0.05, 0.1) is 37.1 Å². The van der Waals surface area contributed by atoms with Crippen molar-refractivity contribution in [1.82, 2.24) is 20.0 Å². The highest BCUT2D eigenvalue weighted by molar-refractivity contribution is 6.08. The standard InChI is InChI=1S/C40H59FN6O12/c1-11-27-40(8,52)34-22(4)30(48)20(2)16-38(6,54-18-24(17-53-34)45-55-19-29-44-35(46-59-29)25-13-12-14-28(42)43-25)33(23(5)32(50)39(7,41)37(51)57-27)58-36-31(49)26(47(9)10)15-21(3)56-36/h12-14,20-23,26-27,31,33-34,36,49,52H,11,15-19H2,1-10H3,(H2,42,43)/b45-24+/t20-,21-,22+,23+,26+,27-,31-,33-,34+,36+,38-,39+,40-/m1/s1. The number of cyclic esters (lactones) is 1. The van der Waals surface area contributed by atoms with Gasteiger partial charge in [0.15, 0.2) is 18.7 Å². The third kappa shape index (κ3) is 9.98. The van der Waals surface area contributed by atoms with Crippen molar-refractivity contribution in [3.05, 3.63) is 24.1 Å². The topological polar surface area (TPSA) is 240 Å². The van der Waals surface area contributed by atoms with Crippen LogP contribution in [0.4, 0.5) is 10.2 Å². The summed E-state index contributed by atoms with van der Waals surface area (Å²) in [6.45, 7) is 10.7. The Morgan fingerprint density at radius 2 is 1.78 bits per heavy atom. The zero-order valence-electron chi connectivity index (χ0n) is 35.4. The van der Waals surface area contributed by atoms with Gasteiger partial charge in [0, 0.05) is 23.8 Å². The summed E-state index contributed by atoms with van der Waals surface area (Å²) >= 11 is 0. The molecule has 0 aliphatic carbocycles. The Hall–Kier alpha value is -3.98. The van der Waals surface area contributed by atoms with Crippen molar-refractivity contribution in [2.75, 3.05) is 33.0 Å². The van der Waals surface area contributed by atoms with E-state index in [0.717, 1.165) is 6.92 Å². The lowest BCUT2D eigenvalue weighted by molar-refractivity contribution is -0.296. The fourth-order valence-corrected chi connectivity index (χ4v) is 8.38. The van der Waals surface area contributed by atoms with E-state index in [1.54, 1.807) is 60.0 Å². The highest BCUT2D eigenvalue weighted by Crippen LogP contribution is 2.40. The van der Waals surface area contributed by atoms with E-state index >= 15 is 4.39 Å². The summed E-state index contributed by atoms with van der Waals surface area (Å²) < 4.78 is 53.3. The molecule has 5 heterocycles. The van der Waals surface area contributed by atoms with Crippen LogP contribution in [0.5, 0.6) is 0 Å². The molecule has 18 nitrogen and oxygen atoms in total. The fourth-order valence-electron chi connectivity index (χ4n) is 8.38. The molecule has 19 heteroatoms. The number of oxime groups is 1. The van der Waals surface area contributed by atoms with E-state index in [9.17, 15) is 24.6 Å². The molecule has 328 valence electrons. The predicted octanol–water partition coefficient (Wildman–Crippen LogP) is 2.82. The molecule has 0 saturated carbocycles. The number of hydrogen-bond donors (Lipinski definition) is 3. The van der Waals surface area contributed by atoms with Gasteiger partial charge < -0.3 is 53.9 Å². The number of fused-ring (bicyclic) bond motifs is 5. The third-order valence-corrected chi connectivity index (χ3v) is 11.7. The number of ether oxygens (including phenoxy) is 5. The van der Waals surface area contributed by atoms with E-state index < -0.39 is 89.2 Å². The maximum atomic E-state index is 16.8. The molecule has 0 unspecified atom stereocenters. The molecule has 3 saturated heterocycles. The van der Waals surface area contributed by atoms with Gasteiger partial charge in [0.1, 0.15) is 40.8 Å². The Morgan fingerprint density at radius 3 is 2.44 bits per heavy atom. The SMILES string of the molecule is CC[C@H]1OC(=O)[C@@](C)(F)C(=O)[C@H](C)[C@@H](O[C@@H]2O[C@H](C)C[C@H](N(C)C)[C@H]2O)[C@@]2(C)C[C@@H](C)C(=O)[C@H](C)[C@H](OC/C(=N\OCc3nc(-c4cccc(N)n4)no3)CO2)[C@]1(C)O. The number of nitrogen functional groups attached to an aromatic ring is 1. The van der Waals surface area contributed by atoms with E-state index in [4.69, 9.17) is 38.8 Å². The molecule has 59 heavy (non-hydrogen) atoms. The van der Waals surface area contributed by atoms with Crippen LogP contribution in [0.1, 0.15) is 80.5 Å². The monoisotopic (exact) mass is 834 g/mol. The van der Waals surface area contributed by atoms with Crippen LogP contribution in [-0.4, -0.2) is 141 Å². The number of aliphatic hydroxyl groups excluding tert-OH is 1. The minimum Gasteiger partial charge on any atom is -0.457 e. The van der Waals surface area contributed by atoms with E-state index in [1.807, 2.05) is 11.8 Å². The van der Waals surface area contributed by atoms with Gasteiger partial charge in [-0.15, -0.1) is 0 Å². The molecule has 0 radical (unpaired) electrons. The average molecular weight is 835 g/mol. The van der Waals surface area contributed by atoms with Gasteiger partial charge in [0.2, 0.25) is 5.82 Å². The smallest absolute Gasteiger partial charge is 0.351 e. The molecule has 0 aromatic carbocycles. The van der Waals surface area contributed by atoms with Crippen LogP contribution in [0.2, 0.25) is 0 Å². The molecule has 3 fully saturated rings. The van der Waals surface area contributed by atoms with Crippen LogP contribution in [0.15, 0.2) is 27.9 Å². The van der Waals surface area contributed by atoms with Gasteiger partial charge in [-0.3, -0.25) is 9.59 Å². The van der Waals surface area contributed by atoms with Crippen molar-refractivity contribution in [3.8, 4) is 11.5 Å². The van der Waals surface area contributed by atoms with Gasteiger partial charge in [-0.2, -0.15) is 4.98 Å². The Kier molecular flexibility index (Phi) is 14.3. The third-order valence-electron chi connectivity index (χ3n) is 11.7. The molecule has 3 aliphatic heterocycles. The molecule has 2 bridgehead atoms. The number of alkyl halides is 1. The average Bonchev–Trinajstić information content (AvgIpc) is 3.65. The number of aromatic nitrogens is 3. The summed E-state index contributed by atoms with van der Waals surface area (Å²) in [6.07, 6.45) is -6.86. The number of carbonyl (C=O) groups excluding carboxylic acids is 3. The maximum Gasteiger partial charge on any atom is 0.351 e. The number of likely N-dealkylation sites (N-methyl/N-ethyl adjacent to an activating group) is 1. The Labute approximate surface area is 343 Å². The highest BCUT2D eigenvalue weighted by atomic mass is 19.1. The molecule has 2 aromatic rings. The quantitative estimate of drug-likeness (QED) is 0.197. The molecule has 3 aliphatic rings. The number of Topliss-reactive ketones (excluding diaryl/α,β-unsaturated/α-hetero) is 2. The lowest BCUT2D eigenvalue weighted by atomic mass is 9.74. The van der Waals surface area contributed by atoms with Crippen molar-refractivity contribution in [1.29, 1.82) is 0 Å². The molecule has 4 N–H and O–H groups in total. The molecule has 13 atom stereocenters. The van der Waals surface area contributed by atoms with E-state index in [2.05, 4.69) is 20.3 Å².